The van der Waals surface area contributed by atoms with Gasteiger partial charge in [-0.15, -0.1) is 0 Å². The van der Waals surface area contributed by atoms with E-state index in [0.717, 1.165) is 119 Å². The number of hydrogen-bond donors (Lipinski definition) is 2. The van der Waals surface area contributed by atoms with Crippen molar-refractivity contribution in [2.24, 2.45) is 0 Å². The fraction of sp³-hybridized carbons (Fsp3) is 0.429. The first-order chi connectivity index (χ1) is 33.6. The Morgan fingerprint density at radius 1 is 0.353 bits per heavy atom. The van der Waals surface area contributed by atoms with Crippen molar-refractivity contribution in [2.75, 3.05) is 0 Å². The van der Waals surface area contributed by atoms with Gasteiger partial charge in [-0.05, 0) is 74.3 Å². The summed E-state index contributed by atoms with van der Waals surface area (Å²) in [6.07, 6.45) is 28.5. The summed E-state index contributed by atoms with van der Waals surface area (Å²) >= 11 is 7.09. The van der Waals surface area contributed by atoms with E-state index in [9.17, 15) is 0 Å². The van der Waals surface area contributed by atoms with Crippen LogP contribution >= 0.6 is 45.3 Å². The molecular weight excluding hydrogens is 913 g/mol. The van der Waals surface area contributed by atoms with Gasteiger partial charge in [0.1, 0.15) is 26.2 Å². The molecule has 0 amide bonds. The van der Waals surface area contributed by atoms with Gasteiger partial charge in [0.25, 0.3) is 0 Å². The van der Waals surface area contributed by atoms with Gasteiger partial charge in [0.05, 0.1) is 88.6 Å². The molecule has 12 heteroatoms. The molecule has 2 aliphatic rings. The van der Waals surface area contributed by atoms with Crippen molar-refractivity contribution in [3.8, 4) is 45.0 Å². The number of rotatable bonds is 24. The van der Waals surface area contributed by atoms with Crippen molar-refractivity contribution in [1.29, 1.82) is 0 Å². The van der Waals surface area contributed by atoms with E-state index in [1.165, 1.54) is 99.8 Å². The van der Waals surface area contributed by atoms with Crippen LogP contribution < -0.4 is 18.3 Å². The molecule has 0 atom stereocenters. The van der Waals surface area contributed by atoms with E-state index in [0.29, 0.717) is 0 Å². The maximum absolute atomic E-state index is 5.70. The molecule has 2 aliphatic heterocycles. The average Bonchev–Trinajstić information content (AvgIpc) is 4.20. The molecule has 0 spiro atoms. The molecular formula is C56H70N8S4+4. The van der Waals surface area contributed by atoms with Crippen molar-refractivity contribution in [1.82, 2.24) is 19.9 Å². The van der Waals surface area contributed by atoms with Crippen LogP contribution in [0, 0.1) is 0 Å². The summed E-state index contributed by atoms with van der Waals surface area (Å²) in [5, 5.41) is 9.29. The number of unbranched alkanes of at least 4 members (excludes halogenated alkanes) is 12. The summed E-state index contributed by atoms with van der Waals surface area (Å²) in [6.45, 7) is 13.1. The van der Waals surface area contributed by atoms with Gasteiger partial charge in [0.15, 0.2) is 0 Å². The zero-order chi connectivity index (χ0) is 46.7. The Labute approximate surface area is 419 Å². The topological polar surface area (TPSA) is 72.9 Å². The molecule has 9 rings (SSSR count). The minimum atomic E-state index is 0.974. The first kappa shape index (κ1) is 48.2. The lowest BCUT2D eigenvalue weighted by Gasteiger charge is -2.04. The van der Waals surface area contributed by atoms with E-state index in [4.69, 9.17) is 9.97 Å². The minimum Gasteiger partial charge on any atom is -0.354 e. The highest BCUT2D eigenvalue weighted by molar-refractivity contribution is 7.08. The summed E-state index contributed by atoms with van der Waals surface area (Å²) in [5.41, 5.74) is 26.6. The summed E-state index contributed by atoms with van der Waals surface area (Å²) < 4.78 is 9.85. The molecule has 0 aliphatic carbocycles. The van der Waals surface area contributed by atoms with Gasteiger partial charge >= 0.3 is 0 Å². The van der Waals surface area contributed by atoms with Gasteiger partial charge in [-0.25, -0.2) is 9.97 Å². The van der Waals surface area contributed by atoms with Crippen molar-refractivity contribution in [2.45, 2.75) is 157 Å². The Balaban J connectivity index is 1.35. The maximum atomic E-state index is 5.70. The lowest BCUT2D eigenvalue weighted by Crippen LogP contribution is -2.33. The molecule has 8 bridgehead atoms. The number of nitrogens with one attached hydrogen (secondary N) is 2. The van der Waals surface area contributed by atoms with Gasteiger partial charge in [-0.2, -0.15) is 18.3 Å². The van der Waals surface area contributed by atoms with Crippen LogP contribution in [0.15, 0.2) is 67.8 Å². The molecule has 0 fully saturated rings. The third kappa shape index (κ3) is 10.8. The minimum absolute atomic E-state index is 0.974. The fourth-order valence-electron chi connectivity index (χ4n) is 9.79. The first-order valence-electron chi connectivity index (χ1n) is 25.6. The second-order valence-electron chi connectivity index (χ2n) is 18.5. The standard InChI is InChI=1S/C56H70N8S4/c1-5-9-13-17-29-61-37-65-33-49(61)53-41-21-23-43(57-41)54(50-34-66-38-62(50)30-18-14-10-6-2)45-25-27-47(59-45)56(52-36-68-40-64(52)32-20-16-12-8-4)48-28-26-46(60-48)55(44-24-22-42(53)58-44)51-35-67-39-63(51)31-19-15-11-7-3/h21-28,33-40,57,60H,5-20,29-32H2,1-4H3/q+4. The van der Waals surface area contributed by atoms with Crippen LogP contribution in [0.5, 0.6) is 0 Å². The number of hydrogen-bond acceptors (Lipinski definition) is 6. The van der Waals surface area contributed by atoms with Crippen LogP contribution in [-0.2, 0) is 26.2 Å². The smallest absolute Gasteiger partial charge is 0.227 e. The SMILES string of the molecule is CCCCCC[n+]1cscc1-c1c2nc(c(-c3csc[n+]3CCCCCC)c3ccc([nH]3)c(-c3csc[n+]3CCCCCC)c3nc(c(-c4csc[n+]4CCCCCC)c4ccc1[nH]4)C=C3)C=C2. The quantitative estimate of drug-likeness (QED) is 0.0468. The number of fused-ring (bicyclic) bond motifs is 8. The van der Waals surface area contributed by atoms with Gasteiger partial charge in [-0.3, -0.25) is 0 Å². The summed E-state index contributed by atoms with van der Waals surface area (Å²) in [5.74, 6) is 0. The number of aromatic nitrogens is 8. The van der Waals surface area contributed by atoms with Crippen LogP contribution in [0.4, 0.5) is 0 Å². The Morgan fingerprint density at radius 3 is 0.838 bits per heavy atom. The van der Waals surface area contributed by atoms with Gasteiger partial charge < -0.3 is 9.97 Å². The zero-order valence-electron chi connectivity index (χ0n) is 40.7. The van der Waals surface area contributed by atoms with Gasteiger partial charge in [0, 0.05) is 25.7 Å². The number of aryl methyl sites for hydroxylation is 4. The van der Waals surface area contributed by atoms with E-state index in [-0.39, 0.29) is 0 Å². The maximum Gasteiger partial charge on any atom is 0.227 e. The molecule has 7 aromatic heterocycles. The lowest BCUT2D eigenvalue weighted by atomic mass is 10.1. The van der Waals surface area contributed by atoms with Crippen LogP contribution in [0.1, 0.15) is 153 Å². The molecule has 0 saturated carbocycles. The van der Waals surface area contributed by atoms with E-state index in [2.05, 4.69) is 148 Å². The number of nitrogens with zero attached hydrogens (tertiary/aromatic N) is 6. The Morgan fingerprint density at radius 2 is 0.603 bits per heavy atom. The number of thiazole rings is 4. The summed E-state index contributed by atoms with van der Waals surface area (Å²) in [4.78, 5) is 19.5. The highest BCUT2D eigenvalue weighted by atomic mass is 32.1. The molecule has 0 radical (unpaired) electrons. The second-order valence-corrected chi connectivity index (χ2v) is 21.4. The third-order valence-electron chi connectivity index (χ3n) is 13.5. The van der Waals surface area contributed by atoms with Crippen LogP contribution in [0.3, 0.4) is 0 Å². The van der Waals surface area contributed by atoms with Gasteiger partial charge in [-0.1, -0.05) is 124 Å². The second kappa shape index (κ2) is 23.6. The molecule has 7 aromatic rings. The predicted octanol–water partition coefficient (Wildman–Crippen LogP) is 15.0. The zero-order valence-corrected chi connectivity index (χ0v) is 44.0. The number of H-pyrrole nitrogens is 2. The average molecular weight is 983 g/mol. The van der Waals surface area contributed by atoms with Crippen molar-refractivity contribution < 1.29 is 18.3 Å². The molecule has 0 unspecified atom stereocenters. The molecule has 2 N–H and O–H groups in total. The molecule has 9 heterocycles. The van der Waals surface area contributed by atoms with Crippen LogP contribution in [0.2, 0.25) is 0 Å². The summed E-state index contributed by atoms with van der Waals surface area (Å²) in [6, 6.07) is 9.14. The monoisotopic (exact) mass is 982 g/mol. The fourth-order valence-corrected chi connectivity index (χ4v) is 13.0. The highest BCUT2D eigenvalue weighted by Gasteiger charge is 2.29. The van der Waals surface area contributed by atoms with Crippen molar-refractivity contribution >= 4 is 91.7 Å². The Bertz CT molecular complexity index is 2610. The molecule has 8 nitrogen and oxygen atoms in total. The third-order valence-corrected chi connectivity index (χ3v) is 16.4. The normalized spacial score (nSPS) is 12.3. The van der Waals surface area contributed by atoms with E-state index < -0.39 is 0 Å². The van der Waals surface area contributed by atoms with Crippen molar-refractivity contribution in [3.05, 3.63) is 90.6 Å². The van der Waals surface area contributed by atoms with Crippen LogP contribution in [-0.4, -0.2) is 19.9 Å². The van der Waals surface area contributed by atoms with Crippen molar-refractivity contribution in [3.63, 3.8) is 0 Å². The van der Waals surface area contributed by atoms with E-state index >= 15 is 0 Å². The number of aromatic amines is 2. The van der Waals surface area contributed by atoms with Crippen LogP contribution in [0.25, 0.3) is 91.4 Å². The Kier molecular flexibility index (Phi) is 16.7. The largest absolute Gasteiger partial charge is 0.354 e. The molecule has 354 valence electrons. The molecule has 0 aromatic carbocycles. The van der Waals surface area contributed by atoms with Gasteiger partial charge in [0.2, 0.25) is 44.8 Å². The lowest BCUT2D eigenvalue weighted by molar-refractivity contribution is -0.682. The molecule has 0 saturated heterocycles. The molecule has 68 heavy (non-hydrogen) atoms. The van der Waals surface area contributed by atoms with E-state index in [1.807, 2.05) is 0 Å². The predicted molar refractivity (Wildman–Crippen MR) is 289 cm³/mol. The Hall–Kier alpha value is -4.88. The van der Waals surface area contributed by atoms with E-state index in [1.54, 1.807) is 45.3 Å². The first-order valence-corrected chi connectivity index (χ1v) is 29.4. The summed E-state index contributed by atoms with van der Waals surface area (Å²) in [7, 11) is 0. The highest BCUT2D eigenvalue weighted by Crippen LogP contribution is 2.38.